The van der Waals surface area contributed by atoms with Crippen LogP contribution < -0.4 is 0 Å². The lowest BCUT2D eigenvalue weighted by atomic mass is 10.2. The van der Waals surface area contributed by atoms with Crippen molar-refractivity contribution < 1.29 is 24.2 Å². The Balaban J connectivity index is 2.75. The van der Waals surface area contributed by atoms with Gasteiger partial charge in [0.15, 0.2) is 0 Å². The zero-order chi connectivity index (χ0) is 15.1. The Morgan fingerprint density at radius 2 is 2.05 bits per heavy atom. The van der Waals surface area contributed by atoms with E-state index in [2.05, 4.69) is 0 Å². The SMILES string of the molecule is CCCN(CC(=O)O)C(=O)N1CCCC1C(=O)OCC. The average molecular weight is 286 g/mol. The second kappa shape index (κ2) is 7.72. The van der Waals surface area contributed by atoms with Crippen molar-refractivity contribution in [2.75, 3.05) is 26.2 Å². The molecular weight excluding hydrogens is 264 g/mol. The van der Waals surface area contributed by atoms with Gasteiger partial charge in [0.1, 0.15) is 12.6 Å². The van der Waals surface area contributed by atoms with Gasteiger partial charge >= 0.3 is 18.0 Å². The van der Waals surface area contributed by atoms with Gasteiger partial charge in [0, 0.05) is 13.1 Å². The van der Waals surface area contributed by atoms with Crippen molar-refractivity contribution >= 4 is 18.0 Å². The first kappa shape index (κ1) is 16.3. The van der Waals surface area contributed by atoms with Crippen molar-refractivity contribution in [3.05, 3.63) is 0 Å². The number of ether oxygens (including phenoxy) is 1. The molecule has 2 amide bonds. The van der Waals surface area contributed by atoms with Crippen molar-refractivity contribution in [3.63, 3.8) is 0 Å². The molecular formula is C13H22N2O5. The molecule has 0 bridgehead atoms. The standard InChI is InChI=1S/C13H22N2O5/c1-3-7-14(9-11(16)17)13(19)15-8-5-6-10(15)12(18)20-4-2/h10H,3-9H2,1-2H3,(H,16,17). The summed E-state index contributed by atoms with van der Waals surface area (Å²) in [6.45, 7) is 4.32. The van der Waals surface area contributed by atoms with Crippen molar-refractivity contribution in [1.82, 2.24) is 9.80 Å². The zero-order valence-electron chi connectivity index (χ0n) is 12.0. The summed E-state index contributed by atoms with van der Waals surface area (Å²) in [7, 11) is 0. The van der Waals surface area contributed by atoms with Crippen LogP contribution in [0.4, 0.5) is 4.79 Å². The molecule has 7 heteroatoms. The number of aliphatic carboxylic acids is 1. The highest BCUT2D eigenvalue weighted by molar-refractivity contribution is 5.86. The van der Waals surface area contributed by atoms with E-state index in [1.54, 1.807) is 6.92 Å². The number of carbonyl (C=O) groups excluding carboxylic acids is 2. The number of nitrogens with zero attached hydrogens (tertiary/aromatic N) is 2. The summed E-state index contributed by atoms with van der Waals surface area (Å²) >= 11 is 0. The van der Waals surface area contributed by atoms with Gasteiger partial charge in [-0.25, -0.2) is 9.59 Å². The lowest BCUT2D eigenvalue weighted by Crippen LogP contribution is -2.50. The van der Waals surface area contributed by atoms with Gasteiger partial charge in [0.2, 0.25) is 0 Å². The Hall–Kier alpha value is -1.79. The minimum atomic E-state index is -1.06. The van der Waals surface area contributed by atoms with Gasteiger partial charge in [-0.1, -0.05) is 6.92 Å². The fourth-order valence-corrected chi connectivity index (χ4v) is 2.34. The summed E-state index contributed by atoms with van der Waals surface area (Å²) in [6.07, 6.45) is 1.96. The van der Waals surface area contributed by atoms with E-state index in [0.29, 0.717) is 25.9 Å². The molecule has 0 aliphatic carbocycles. The summed E-state index contributed by atoms with van der Waals surface area (Å²) in [5.74, 6) is -1.47. The maximum absolute atomic E-state index is 12.4. The number of hydrogen-bond donors (Lipinski definition) is 1. The average Bonchev–Trinajstić information content (AvgIpc) is 2.86. The minimum absolute atomic E-state index is 0.269. The van der Waals surface area contributed by atoms with Gasteiger partial charge in [-0.2, -0.15) is 0 Å². The maximum Gasteiger partial charge on any atom is 0.328 e. The number of carboxylic acids is 1. The Morgan fingerprint density at radius 1 is 1.35 bits per heavy atom. The summed E-state index contributed by atoms with van der Waals surface area (Å²) < 4.78 is 4.96. The van der Waals surface area contributed by atoms with Gasteiger partial charge in [-0.15, -0.1) is 0 Å². The zero-order valence-corrected chi connectivity index (χ0v) is 12.0. The second-order valence-electron chi connectivity index (χ2n) is 4.70. The van der Waals surface area contributed by atoms with E-state index in [1.807, 2.05) is 6.92 Å². The van der Waals surface area contributed by atoms with Crippen molar-refractivity contribution in [2.24, 2.45) is 0 Å². The normalized spacial score (nSPS) is 17.9. The van der Waals surface area contributed by atoms with E-state index < -0.39 is 24.0 Å². The van der Waals surface area contributed by atoms with E-state index in [4.69, 9.17) is 9.84 Å². The number of likely N-dealkylation sites (tertiary alicyclic amines) is 1. The number of amides is 2. The molecule has 0 aromatic heterocycles. The van der Waals surface area contributed by atoms with Crippen LogP contribution in [0.5, 0.6) is 0 Å². The number of urea groups is 1. The largest absolute Gasteiger partial charge is 0.480 e. The van der Waals surface area contributed by atoms with Crippen molar-refractivity contribution in [2.45, 2.75) is 39.2 Å². The molecule has 1 aliphatic rings. The highest BCUT2D eigenvalue weighted by Crippen LogP contribution is 2.20. The van der Waals surface area contributed by atoms with Gasteiger partial charge in [0.05, 0.1) is 6.61 Å². The quantitative estimate of drug-likeness (QED) is 0.734. The molecule has 0 aromatic carbocycles. The summed E-state index contributed by atoms with van der Waals surface area (Å²) in [5, 5.41) is 8.86. The van der Waals surface area contributed by atoms with Crippen molar-refractivity contribution in [3.8, 4) is 0 Å². The first-order chi connectivity index (χ1) is 9.51. The molecule has 20 heavy (non-hydrogen) atoms. The van der Waals surface area contributed by atoms with Gasteiger partial charge in [0.25, 0.3) is 0 Å². The van der Waals surface area contributed by atoms with Crippen LogP contribution in [-0.2, 0) is 14.3 Å². The number of carboxylic acid groups (broad SMARTS) is 1. The van der Waals surface area contributed by atoms with E-state index in [0.717, 1.165) is 6.42 Å². The first-order valence-electron chi connectivity index (χ1n) is 6.95. The second-order valence-corrected chi connectivity index (χ2v) is 4.70. The molecule has 1 N–H and O–H groups in total. The van der Waals surface area contributed by atoms with Gasteiger partial charge in [-0.05, 0) is 26.2 Å². The molecule has 0 aromatic rings. The van der Waals surface area contributed by atoms with Crippen LogP contribution in [0.3, 0.4) is 0 Å². The molecule has 1 heterocycles. The number of rotatable bonds is 6. The fraction of sp³-hybridized carbons (Fsp3) is 0.769. The van der Waals surface area contributed by atoms with E-state index in [1.165, 1.54) is 9.80 Å². The predicted molar refractivity (Wildman–Crippen MR) is 71.3 cm³/mol. The van der Waals surface area contributed by atoms with Gasteiger partial charge < -0.3 is 19.6 Å². The Kier molecular flexibility index (Phi) is 6.27. The van der Waals surface area contributed by atoms with Gasteiger partial charge in [-0.3, -0.25) is 4.79 Å². The molecule has 0 radical (unpaired) electrons. The van der Waals surface area contributed by atoms with E-state index in [9.17, 15) is 14.4 Å². The monoisotopic (exact) mass is 286 g/mol. The summed E-state index contributed by atoms with van der Waals surface area (Å²) in [6, 6.07) is -0.986. The smallest absolute Gasteiger partial charge is 0.328 e. The minimum Gasteiger partial charge on any atom is -0.480 e. The van der Waals surface area contributed by atoms with Crippen LogP contribution in [0.1, 0.15) is 33.1 Å². The molecule has 0 spiro atoms. The maximum atomic E-state index is 12.4. The highest BCUT2D eigenvalue weighted by atomic mass is 16.5. The molecule has 1 fully saturated rings. The van der Waals surface area contributed by atoms with Crippen LogP contribution in [0, 0.1) is 0 Å². The molecule has 1 unspecified atom stereocenters. The third-order valence-electron chi connectivity index (χ3n) is 3.15. The predicted octanol–water partition coefficient (Wildman–Crippen LogP) is 0.930. The van der Waals surface area contributed by atoms with E-state index in [-0.39, 0.29) is 13.2 Å². The lowest BCUT2D eigenvalue weighted by molar-refractivity contribution is -0.147. The highest BCUT2D eigenvalue weighted by Gasteiger charge is 2.37. The molecule has 7 nitrogen and oxygen atoms in total. The van der Waals surface area contributed by atoms with Crippen LogP contribution in [0.2, 0.25) is 0 Å². The Morgan fingerprint density at radius 3 is 2.60 bits per heavy atom. The molecule has 1 saturated heterocycles. The number of hydrogen-bond acceptors (Lipinski definition) is 4. The molecule has 0 saturated carbocycles. The molecule has 1 rings (SSSR count). The van der Waals surface area contributed by atoms with Crippen LogP contribution in [-0.4, -0.2) is 65.2 Å². The molecule has 1 atom stereocenters. The third-order valence-corrected chi connectivity index (χ3v) is 3.15. The number of carbonyl (C=O) groups is 3. The Labute approximate surface area is 118 Å². The third kappa shape index (κ3) is 4.11. The summed E-state index contributed by atoms with van der Waals surface area (Å²) in [5.41, 5.74) is 0. The lowest BCUT2D eigenvalue weighted by Gasteiger charge is -2.29. The van der Waals surface area contributed by atoms with Crippen LogP contribution in [0.25, 0.3) is 0 Å². The van der Waals surface area contributed by atoms with E-state index >= 15 is 0 Å². The van der Waals surface area contributed by atoms with Crippen molar-refractivity contribution in [1.29, 1.82) is 0 Å². The van der Waals surface area contributed by atoms with Crippen LogP contribution >= 0.6 is 0 Å². The number of esters is 1. The molecule has 1 aliphatic heterocycles. The topological polar surface area (TPSA) is 87.2 Å². The first-order valence-corrected chi connectivity index (χ1v) is 6.95. The van der Waals surface area contributed by atoms with Crippen LogP contribution in [0.15, 0.2) is 0 Å². The fourth-order valence-electron chi connectivity index (χ4n) is 2.34. The summed E-state index contributed by atoms with van der Waals surface area (Å²) in [4.78, 5) is 37.7. The Bertz CT molecular complexity index is 372. The molecule has 114 valence electrons.